The van der Waals surface area contributed by atoms with Crippen molar-refractivity contribution in [3.8, 4) is 0 Å². The summed E-state index contributed by atoms with van der Waals surface area (Å²) in [4.78, 5) is 0. The first kappa shape index (κ1) is 13.8. The van der Waals surface area contributed by atoms with Crippen molar-refractivity contribution >= 4 is 0 Å². The summed E-state index contributed by atoms with van der Waals surface area (Å²) < 4.78 is 46.2. The number of halogens is 3. The largest absolute Gasteiger partial charge is 0.389 e. The van der Waals surface area contributed by atoms with Crippen LogP contribution in [-0.2, 0) is 9.47 Å². The topological polar surface area (TPSA) is 18.5 Å². The van der Waals surface area contributed by atoms with Gasteiger partial charge in [-0.05, 0) is 32.1 Å². The molecule has 0 aromatic carbocycles. The average Bonchev–Trinajstić information content (AvgIpc) is 2.23. The molecule has 2 nitrogen and oxygen atoms in total. The Morgan fingerprint density at radius 2 is 1.94 bits per heavy atom. The highest BCUT2D eigenvalue weighted by Crippen LogP contribution is 2.22. The number of rotatable bonds is 6. The Morgan fingerprint density at radius 3 is 2.56 bits per heavy atom. The predicted octanol–water partition coefficient (Wildman–Crippen LogP) is 3.65. The number of unbranched alkanes of at least 4 members (excludes halogenated alkanes) is 2. The summed E-state index contributed by atoms with van der Waals surface area (Å²) in [5.74, 6) is 0. The van der Waals surface area contributed by atoms with Gasteiger partial charge in [-0.15, -0.1) is 0 Å². The van der Waals surface area contributed by atoms with Crippen LogP contribution in [0.3, 0.4) is 0 Å². The van der Waals surface area contributed by atoms with Gasteiger partial charge in [-0.25, -0.2) is 0 Å². The first-order valence-electron chi connectivity index (χ1n) is 5.88. The zero-order chi connectivity index (χ0) is 11.9. The molecule has 0 bridgehead atoms. The maximum atomic E-state index is 11.8. The predicted molar refractivity (Wildman–Crippen MR) is 54.1 cm³/mol. The second-order valence-electron chi connectivity index (χ2n) is 4.09. The summed E-state index contributed by atoms with van der Waals surface area (Å²) in [6, 6.07) is 0. The minimum Gasteiger partial charge on any atom is -0.353 e. The van der Waals surface area contributed by atoms with Crippen molar-refractivity contribution in [2.75, 3.05) is 13.2 Å². The van der Waals surface area contributed by atoms with E-state index in [1.807, 2.05) is 0 Å². The molecule has 1 heterocycles. The molecule has 96 valence electrons. The molecule has 1 fully saturated rings. The molecule has 0 saturated carbocycles. The van der Waals surface area contributed by atoms with E-state index in [2.05, 4.69) is 0 Å². The van der Waals surface area contributed by atoms with Crippen molar-refractivity contribution in [1.82, 2.24) is 0 Å². The fourth-order valence-corrected chi connectivity index (χ4v) is 1.66. The van der Waals surface area contributed by atoms with E-state index < -0.39 is 12.6 Å². The van der Waals surface area contributed by atoms with Crippen LogP contribution in [0.4, 0.5) is 13.2 Å². The Morgan fingerprint density at radius 1 is 1.12 bits per heavy atom. The summed E-state index contributed by atoms with van der Waals surface area (Å²) in [7, 11) is 0. The first-order chi connectivity index (χ1) is 7.58. The highest BCUT2D eigenvalue weighted by molar-refractivity contribution is 4.55. The van der Waals surface area contributed by atoms with E-state index in [-0.39, 0.29) is 12.7 Å². The summed E-state index contributed by atoms with van der Waals surface area (Å²) in [6.45, 7) is 1.24. The SMILES string of the molecule is FC(F)(F)CCCCCOC1CCCCO1. The standard InChI is InChI=1S/C11H19F3O2/c12-11(13,14)7-3-1-4-8-15-10-6-2-5-9-16-10/h10H,1-9H2. The molecule has 0 aliphatic carbocycles. The minimum atomic E-state index is -4.02. The van der Waals surface area contributed by atoms with Crippen molar-refractivity contribution in [2.24, 2.45) is 0 Å². The van der Waals surface area contributed by atoms with Gasteiger partial charge in [0, 0.05) is 19.6 Å². The van der Waals surface area contributed by atoms with E-state index in [1.54, 1.807) is 0 Å². The minimum absolute atomic E-state index is 0.128. The van der Waals surface area contributed by atoms with Crippen LogP contribution in [0.25, 0.3) is 0 Å². The van der Waals surface area contributed by atoms with E-state index in [0.717, 1.165) is 25.9 Å². The van der Waals surface area contributed by atoms with Crippen LogP contribution in [0, 0.1) is 0 Å². The number of ether oxygens (including phenoxy) is 2. The van der Waals surface area contributed by atoms with Gasteiger partial charge in [0.25, 0.3) is 0 Å². The molecule has 1 aliphatic rings. The zero-order valence-electron chi connectivity index (χ0n) is 9.39. The number of hydrogen-bond donors (Lipinski definition) is 0. The Balaban J connectivity index is 1.87. The Labute approximate surface area is 94.1 Å². The van der Waals surface area contributed by atoms with Crippen LogP contribution in [0.1, 0.15) is 44.9 Å². The molecule has 5 heteroatoms. The summed E-state index contributed by atoms with van der Waals surface area (Å²) >= 11 is 0. The van der Waals surface area contributed by atoms with E-state index in [4.69, 9.17) is 9.47 Å². The van der Waals surface area contributed by atoms with Gasteiger partial charge < -0.3 is 9.47 Å². The van der Waals surface area contributed by atoms with Gasteiger partial charge >= 0.3 is 6.18 Å². The van der Waals surface area contributed by atoms with Crippen molar-refractivity contribution in [2.45, 2.75) is 57.4 Å². The molecule has 1 rings (SSSR count). The van der Waals surface area contributed by atoms with Gasteiger partial charge in [-0.2, -0.15) is 13.2 Å². The average molecular weight is 240 g/mol. The van der Waals surface area contributed by atoms with Gasteiger partial charge in [-0.1, -0.05) is 6.42 Å². The molecule has 1 aliphatic heterocycles. The van der Waals surface area contributed by atoms with E-state index in [9.17, 15) is 13.2 Å². The summed E-state index contributed by atoms with van der Waals surface area (Å²) in [5, 5.41) is 0. The quantitative estimate of drug-likeness (QED) is 0.660. The molecular formula is C11H19F3O2. The van der Waals surface area contributed by atoms with Crippen LogP contribution in [0.5, 0.6) is 0 Å². The van der Waals surface area contributed by atoms with E-state index >= 15 is 0 Å². The smallest absolute Gasteiger partial charge is 0.353 e. The molecule has 0 N–H and O–H groups in total. The molecule has 0 aromatic rings. The Hall–Kier alpha value is -0.290. The molecule has 0 spiro atoms. The van der Waals surface area contributed by atoms with Gasteiger partial charge in [0.15, 0.2) is 6.29 Å². The highest BCUT2D eigenvalue weighted by atomic mass is 19.4. The Bertz CT molecular complexity index is 177. The molecule has 0 aromatic heterocycles. The fraction of sp³-hybridized carbons (Fsp3) is 1.00. The third-order valence-electron chi connectivity index (χ3n) is 2.55. The molecule has 1 unspecified atom stereocenters. The lowest BCUT2D eigenvalue weighted by atomic mass is 10.2. The highest BCUT2D eigenvalue weighted by Gasteiger charge is 2.25. The molecule has 1 saturated heterocycles. The molecule has 0 radical (unpaired) electrons. The van der Waals surface area contributed by atoms with Crippen molar-refractivity contribution in [3.63, 3.8) is 0 Å². The number of hydrogen-bond acceptors (Lipinski definition) is 2. The summed E-state index contributed by atoms with van der Waals surface area (Å²) in [6.07, 6.45) is -0.315. The van der Waals surface area contributed by atoms with Gasteiger partial charge in [-0.3, -0.25) is 0 Å². The normalized spacial score (nSPS) is 22.3. The first-order valence-corrected chi connectivity index (χ1v) is 5.88. The van der Waals surface area contributed by atoms with Crippen LogP contribution in [0.15, 0.2) is 0 Å². The maximum absolute atomic E-state index is 11.8. The Kier molecular flexibility index (Phi) is 6.13. The van der Waals surface area contributed by atoms with Crippen molar-refractivity contribution in [1.29, 1.82) is 0 Å². The van der Waals surface area contributed by atoms with Gasteiger partial charge in [0.1, 0.15) is 0 Å². The lowest BCUT2D eigenvalue weighted by Crippen LogP contribution is -2.22. The summed E-state index contributed by atoms with van der Waals surface area (Å²) in [5.41, 5.74) is 0. The lowest BCUT2D eigenvalue weighted by molar-refractivity contribution is -0.163. The van der Waals surface area contributed by atoms with E-state index in [1.165, 1.54) is 0 Å². The fourth-order valence-electron chi connectivity index (χ4n) is 1.66. The maximum Gasteiger partial charge on any atom is 0.389 e. The van der Waals surface area contributed by atoms with Crippen LogP contribution >= 0.6 is 0 Å². The van der Waals surface area contributed by atoms with Gasteiger partial charge in [0.2, 0.25) is 0 Å². The van der Waals surface area contributed by atoms with Gasteiger partial charge in [0.05, 0.1) is 0 Å². The lowest BCUT2D eigenvalue weighted by Gasteiger charge is -2.22. The molecular weight excluding hydrogens is 221 g/mol. The molecule has 16 heavy (non-hydrogen) atoms. The number of alkyl halides is 3. The van der Waals surface area contributed by atoms with Crippen LogP contribution < -0.4 is 0 Å². The zero-order valence-corrected chi connectivity index (χ0v) is 9.39. The second-order valence-corrected chi connectivity index (χ2v) is 4.09. The van der Waals surface area contributed by atoms with Crippen molar-refractivity contribution in [3.05, 3.63) is 0 Å². The van der Waals surface area contributed by atoms with E-state index in [0.29, 0.717) is 19.4 Å². The molecule has 0 amide bonds. The van der Waals surface area contributed by atoms with Crippen LogP contribution in [-0.4, -0.2) is 25.7 Å². The monoisotopic (exact) mass is 240 g/mol. The molecule has 1 atom stereocenters. The third kappa shape index (κ3) is 7.06. The second kappa shape index (κ2) is 7.12. The van der Waals surface area contributed by atoms with Crippen molar-refractivity contribution < 1.29 is 22.6 Å². The van der Waals surface area contributed by atoms with Crippen LogP contribution in [0.2, 0.25) is 0 Å². The third-order valence-corrected chi connectivity index (χ3v) is 2.55.